The van der Waals surface area contributed by atoms with E-state index in [-0.39, 0.29) is 5.82 Å². The summed E-state index contributed by atoms with van der Waals surface area (Å²) in [6, 6.07) is 15.6. The van der Waals surface area contributed by atoms with Crippen LogP contribution in [0.1, 0.15) is 10.6 Å². The second kappa shape index (κ2) is 6.74. The molecule has 2 aromatic carbocycles. The van der Waals surface area contributed by atoms with Gasteiger partial charge in [0.05, 0.1) is 11.3 Å². The molecule has 0 bridgehead atoms. The Morgan fingerprint density at radius 1 is 1.17 bits per heavy atom. The predicted molar refractivity (Wildman–Crippen MR) is 92.4 cm³/mol. The van der Waals surface area contributed by atoms with Crippen LogP contribution < -0.4 is 0 Å². The van der Waals surface area contributed by atoms with Gasteiger partial charge in [0.25, 0.3) is 0 Å². The van der Waals surface area contributed by atoms with Crippen molar-refractivity contribution >= 4 is 34.6 Å². The van der Waals surface area contributed by atoms with Crippen LogP contribution in [0, 0.1) is 17.1 Å². The van der Waals surface area contributed by atoms with Gasteiger partial charge < -0.3 is 0 Å². The van der Waals surface area contributed by atoms with E-state index in [4.69, 9.17) is 11.6 Å². The van der Waals surface area contributed by atoms with E-state index in [2.05, 4.69) is 11.1 Å². The molecule has 0 spiro atoms. The summed E-state index contributed by atoms with van der Waals surface area (Å²) in [4.78, 5) is 4.47. The van der Waals surface area contributed by atoms with E-state index in [1.807, 2.05) is 23.6 Å². The van der Waals surface area contributed by atoms with Crippen LogP contribution in [0.25, 0.3) is 22.9 Å². The van der Waals surface area contributed by atoms with Crippen LogP contribution >= 0.6 is 22.9 Å². The van der Waals surface area contributed by atoms with Crippen molar-refractivity contribution in [3.8, 4) is 17.3 Å². The Hall–Kier alpha value is -2.48. The standard InChI is InChI=1S/C18H10ClFN2S/c19-16-4-2-1-3-13(16)9-14(10-21)18-22-17(11-23-18)12-5-7-15(20)8-6-12/h1-9,11H/b14-9+. The summed E-state index contributed by atoms with van der Waals surface area (Å²) >= 11 is 7.49. The monoisotopic (exact) mass is 340 g/mol. The van der Waals surface area contributed by atoms with Gasteiger partial charge in [0.15, 0.2) is 0 Å². The maximum atomic E-state index is 13.0. The van der Waals surface area contributed by atoms with Crippen LogP contribution in [0.3, 0.4) is 0 Å². The second-order valence-corrected chi connectivity index (χ2v) is 6.00. The van der Waals surface area contributed by atoms with Gasteiger partial charge in [-0.05, 0) is 42.0 Å². The third kappa shape index (κ3) is 3.48. The van der Waals surface area contributed by atoms with Gasteiger partial charge in [0.1, 0.15) is 16.9 Å². The van der Waals surface area contributed by atoms with Crippen molar-refractivity contribution in [3.05, 3.63) is 75.3 Å². The number of nitrogens with zero attached hydrogens (tertiary/aromatic N) is 2. The van der Waals surface area contributed by atoms with Crippen molar-refractivity contribution in [1.29, 1.82) is 5.26 Å². The fourth-order valence-electron chi connectivity index (χ4n) is 2.04. The third-order valence-corrected chi connectivity index (χ3v) is 4.42. The minimum Gasteiger partial charge on any atom is -0.235 e. The maximum Gasteiger partial charge on any atom is 0.134 e. The summed E-state index contributed by atoms with van der Waals surface area (Å²) in [5.74, 6) is -0.291. The average molecular weight is 341 g/mol. The fourth-order valence-corrected chi connectivity index (χ4v) is 3.03. The number of nitriles is 1. The van der Waals surface area contributed by atoms with Crippen molar-refractivity contribution < 1.29 is 4.39 Å². The molecule has 1 aromatic heterocycles. The van der Waals surface area contributed by atoms with Crippen LogP contribution in [0.2, 0.25) is 5.02 Å². The van der Waals surface area contributed by atoms with E-state index in [0.717, 1.165) is 11.1 Å². The van der Waals surface area contributed by atoms with Gasteiger partial charge in [0, 0.05) is 16.0 Å². The Balaban J connectivity index is 1.96. The number of rotatable bonds is 3. The number of hydrogen-bond acceptors (Lipinski definition) is 3. The number of halogens is 2. The number of thiazole rings is 1. The molecule has 0 fully saturated rings. The highest BCUT2D eigenvalue weighted by molar-refractivity contribution is 7.11. The highest BCUT2D eigenvalue weighted by Crippen LogP contribution is 2.28. The zero-order chi connectivity index (χ0) is 16.2. The quantitative estimate of drug-likeness (QED) is 0.576. The first kappa shape index (κ1) is 15.4. The largest absolute Gasteiger partial charge is 0.235 e. The summed E-state index contributed by atoms with van der Waals surface area (Å²) in [6.45, 7) is 0. The number of hydrogen-bond donors (Lipinski definition) is 0. The van der Waals surface area contributed by atoms with Gasteiger partial charge in [-0.2, -0.15) is 5.26 Å². The zero-order valence-electron chi connectivity index (χ0n) is 11.8. The number of benzene rings is 2. The molecule has 0 aliphatic heterocycles. The van der Waals surface area contributed by atoms with E-state index < -0.39 is 0 Å². The van der Waals surface area contributed by atoms with E-state index in [1.165, 1.54) is 23.5 Å². The molecule has 0 amide bonds. The molecule has 23 heavy (non-hydrogen) atoms. The molecule has 0 N–H and O–H groups in total. The van der Waals surface area contributed by atoms with Crippen LogP contribution in [-0.4, -0.2) is 4.98 Å². The number of aromatic nitrogens is 1. The Bertz CT molecular complexity index is 907. The minimum absolute atomic E-state index is 0.291. The lowest BCUT2D eigenvalue weighted by Gasteiger charge is -1.98. The Kier molecular flexibility index (Phi) is 4.52. The Labute approximate surface area is 142 Å². The smallest absolute Gasteiger partial charge is 0.134 e. The Morgan fingerprint density at radius 3 is 2.61 bits per heavy atom. The van der Waals surface area contributed by atoms with Crippen molar-refractivity contribution in [2.45, 2.75) is 0 Å². The lowest BCUT2D eigenvalue weighted by atomic mass is 10.1. The molecule has 5 heteroatoms. The van der Waals surface area contributed by atoms with Gasteiger partial charge in [-0.3, -0.25) is 0 Å². The maximum absolute atomic E-state index is 13.0. The third-order valence-electron chi connectivity index (χ3n) is 3.20. The van der Waals surface area contributed by atoms with Crippen LogP contribution in [0.15, 0.2) is 53.9 Å². The highest BCUT2D eigenvalue weighted by Gasteiger charge is 2.10. The van der Waals surface area contributed by atoms with E-state index in [9.17, 15) is 9.65 Å². The molecule has 112 valence electrons. The zero-order valence-corrected chi connectivity index (χ0v) is 13.4. The minimum atomic E-state index is -0.291. The molecule has 0 radical (unpaired) electrons. The lowest BCUT2D eigenvalue weighted by Crippen LogP contribution is -1.84. The van der Waals surface area contributed by atoms with E-state index in [0.29, 0.717) is 21.3 Å². The summed E-state index contributed by atoms with van der Waals surface area (Å²) in [5.41, 5.74) is 2.73. The molecule has 3 aromatic rings. The van der Waals surface area contributed by atoms with Gasteiger partial charge in [-0.25, -0.2) is 9.37 Å². The van der Waals surface area contributed by atoms with Gasteiger partial charge in [-0.1, -0.05) is 29.8 Å². The summed E-state index contributed by atoms with van der Waals surface area (Å²) in [7, 11) is 0. The molecule has 2 nitrogen and oxygen atoms in total. The predicted octanol–water partition coefficient (Wildman–Crippen LogP) is 5.67. The molecule has 1 heterocycles. The van der Waals surface area contributed by atoms with Crippen LogP contribution in [0.4, 0.5) is 4.39 Å². The first-order chi connectivity index (χ1) is 11.2. The van der Waals surface area contributed by atoms with Crippen molar-refractivity contribution in [2.24, 2.45) is 0 Å². The first-order valence-electron chi connectivity index (χ1n) is 6.75. The SMILES string of the molecule is N#C/C(=C\c1ccccc1Cl)c1nc(-c2ccc(F)cc2)cs1. The van der Waals surface area contributed by atoms with Gasteiger partial charge in [-0.15, -0.1) is 11.3 Å². The average Bonchev–Trinajstić information content (AvgIpc) is 3.04. The molecule has 0 saturated heterocycles. The molecule has 3 rings (SSSR count). The van der Waals surface area contributed by atoms with Crippen LogP contribution in [0.5, 0.6) is 0 Å². The molecule has 0 aliphatic rings. The van der Waals surface area contributed by atoms with Crippen LogP contribution in [-0.2, 0) is 0 Å². The second-order valence-electron chi connectivity index (χ2n) is 4.74. The van der Waals surface area contributed by atoms with E-state index in [1.54, 1.807) is 24.3 Å². The molecule has 0 unspecified atom stereocenters. The summed E-state index contributed by atoms with van der Waals surface area (Å²) in [5, 5.41) is 12.4. The molecular formula is C18H10ClFN2S. The normalized spacial score (nSPS) is 11.3. The molecular weight excluding hydrogens is 331 g/mol. The molecule has 0 atom stereocenters. The number of allylic oxidation sites excluding steroid dienone is 1. The topological polar surface area (TPSA) is 36.7 Å². The summed E-state index contributed by atoms with van der Waals surface area (Å²) < 4.78 is 13.0. The van der Waals surface area contributed by atoms with Crippen molar-refractivity contribution in [1.82, 2.24) is 4.98 Å². The van der Waals surface area contributed by atoms with E-state index >= 15 is 0 Å². The Morgan fingerprint density at radius 2 is 1.91 bits per heavy atom. The van der Waals surface area contributed by atoms with Crippen molar-refractivity contribution in [3.63, 3.8) is 0 Å². The summed E-state index contributed by atoms with van der Waals surface area (Å²) in [6.07, 6.45) is 1.72. The molecule has 0 saturated carbocycles. The van der Waals surface area contributed by atoms with Gasteiger partial charge in [0.2, 0.25) is 0 Å². The van der Waals surface area contributed by atoms with Gasteiger partial charge >= 0.3 is 0 Å². The highest BCUT2D eigenvalue weighted by atomic mass is 35.5. The first-order valence-corrected chi connectivity index (χ1v) is 8.01. The molecule has 0 aliphatic carbocycles. The lowest BCUT2D eigenvalue weighted by molar-refractivity contribution is 0.628. The fraction of sp³-hybridized carbons (Fsp3) is 0. The van der Waals surface area contributed by atoms with Crippen molar-refractivity contribution in [2.75, 3.05) is 0 Å².